The fourth-order valence-corrected chi connectivity index (χ4v) is 4.37. The molecule has 0 saturated carbocycles. The molecule has 33 heavy (non-hydrogen) atoms. The standard InChI is InChI=1S/C22H17FN8OS/c1-30-12-27-18(19(30)17-10-33-22-26-11-25-20(24)31(17)22)13-4-2-6-15(8-13)28-21(32)29-16-7-3-5-14(23)9-16/h2-12,24H,1H3,(H2,28,29,32)/p+1. The van der Waals surface area contributed by atoms with E-state index in [4.69, 9.17) is 5.73 Å². The van der Waals surface area contributed by atoms with Gasteiger partial charge in [-0.2, -0.15) is 4.40 Å². The van der Waals surface area contributed by atoms with E-state index in [-0.39, 0.29) is 0 Å². The van der Waals surface area contributed by atoms with Crippen LogP contribution in [0.15, 0.2) is 66.6 Å². The highest BCUT2D eigenvalue weighted by atomic mass is 32.1. The van der Waals surface area contributed by atoms with E-state index < -0.39 is 11.8 Å². The summed E-state index contributed by atoms with van der Waals surface area (Å²) in [5.74, 6) is -0.102. The van der Waals surface area contributed by atoms with Gasteiger partial charge in [-0.25, -0.2) is 14.2 Å². The van der Waals surface area contributed by atoms with Gasteiger partial charge in [0.15, 0.2) is 0 Å². The van der Waals surface area contributed by atoms with Crippen molar-refractivity contribution in [2.45, 2.75) is 0 Å². The maximum atomic E-state index is 13.4. The van der Waals surface area contributed by atoms with Gasteiger partial charge in [0.25, 0.3) is 4.96 Å². The number of benzene rings is 2. The van der Waals surface area contributed by atoms with Crippen molar-refractivity contribution >= 4 is 39.7 Å². The first-order valence-corrected chi connectivity index (χ1v) is 10.7. The Morgan fingerprint density at radius 1 is 1.09 bits per heavy atom. The second-order valence-electron chi connectivity index (χ2n) is 7.19. The summed E-state index contributed by atoms with van der Waals surface area (Å²) in [5, 5.41) is 7.34. The third-order valence-corrected chi connectivity index (χ3v) is 5.79. The van der Waals surface area contributed by atoms with E-state index in [1.165, 1.54) is 35.9 Å². The average molecular weight is 462 g/mol. The van der Waals surface area contributed by atoms with E-state index in [1.807, 2.05) is 35.2 Å². The SMILES string of the molecule is Cn1cnc(-c2cccc(NC(=O)Nc3cccc(F)c3)c2)c1-c1csc2ncnc(N)[n+]12. The number of nitrogens with one attached hydrogen (secondary N) is 2. The first-order chi connectivity index (χ1) is 16.0. The van der Waals surface area contributed by atoms with Gasteiger partial charge in [-0.05, 0) is 30.3 Å². The number of aryl methyl sites for hydroxylation is 1. The Balaban J connectivity index is 1.47. The van der Waals surface area contributed by atoms with Crippen molar-refractivity contribution in [1.82, 2.24) is 19.5 Å². The van der Waals surface area contributed by atoms with Gasteiger partial charge in [0.2, 0.25) is 6.33 Å². The van der Waals surface area contributed by atoms with Gasteiger partial charge in [0.05, 0.1) is 12.0 Å². The summed E-state index contributed by atoms with van der Waals surface area (Å²) in [5.41, 5.74) is 10.2. The summed E-state index contributed by atoms with van der Waals surface area (Å²) in [7, 11) is 1.89. The first kappa shape index (κ1) is 20.5. The van der Waals surface area contributed by atoms with Crippen molar-refractivity contribution < 1.29 is 13.6 Å². The zero-order chi connectivity index (χ0) is 22.9. The van der Waals surface area contributed by atoms with E-state index in [2.05, 4.69) is 25.6 Å². The third-order valence-electron chi connectivity index (χ3n) is 4.95. The maximum absolute atomic E-state index is 13.4. The Bertz CT molecular complexity index is 1500. The summed E-state index contributed by atoms with van der Waals surface area (Å²) in [6.45, 7) is 0. The van der Waals surface area contributed by atoms with Crippen LogP contribution in [0.5, 0.6) is 0 Å². The molecule has 0 radical (unpaired) electrons. The molecule has 0 atom stereocenters. The minimum atomic E-state index is -0.483. The summed E-state index contributed by atoms with van der Waals surface area (Å²) < 4.78 is 17.0. The predicted octanol–water partition coefficient (Wildman–Crippen LogP) is 3.71. The monoisotopic (exact) mass is 461 g/mol. The molecule has 0 bridgehead atoms. The zero-order valence-corrected chi connectivity index (χ0v) is 18.2. The quantitative estimate of drug-likeness (QED) is 0.353. The van der Waals surface area contributed by atoms with Gasteiger partial charge >= 0.3 is 12.0 Å². The van der Waals surface area contributed by atoms with Crippen molar-refractivity contribution in [1.29, 1.82) is 0 Å². The molecule has 4 N–H and O–H groups in total. The van der Waals surface area contributed by atoms with Crippen LogP contribution in [-0.4, -0.2) is 25.6 Å². The molecule has 164 valence electrons. The molecular weight excluding hydrogens is 443 g/mol. The number of nitrogens with two attached hydrogens (primary N) is 1. The molecule has 0 fully saturated rings. The Labute approximate surface area is 191 Å². The van der Waals surface area contributed by atoms with Gasteiger partial charge in [0.1, 0.15) is 17.2 Å². The highest BCUT2D eigenvalue weighted by Gasteiger charge is 2.22. The van der Waals surface area contributed by atoms with Crippen molar-refractivity contribution in [3.05, 3.63) is 72.4 Å². The molecule has 0 spiro atoms. The van der Waals surface area contributed by atoms with Crippen molar-refractivity contribution in [3.63, 3.8) is 0 Å². The number of anilines is 3. The van der Waals surface area contributed by atoms with Gasteiger partial charge < -0.3 is 20.9 Å². The van der Waals surface area contributed by atoms with Crippen LogP contribution in [0.2, 0.25) is 0 Å². The van der Waals surface area contributed by atoms with Gasteiger partial charge in [-0.3, -0.25) is 0 Å². The topological polar surface area (TPSA) is 115 Å². The Morgan fingerprint density at radius 2 is 1.85 bits per heavy atom. The first-order valence-electron chi connectivity index (χ1n) is 9.85. The number of amides is 2. The number of imidazole rings is 1. The molecule has 2 aromatic carbocycles. The van der Waals surface area contributed by atoms with E-state index in [1.54, 1.807) is 22.9 Å². The Morgan fingerprint density at radius 3 is 2.64 bits per heavy atom. The lowest BCUT2D eigenvalue weighted by Gasteiger charge is -2.10. The van der Waals surface area contributed by atoms with Crippen LogP contribution in [0, 0.1) is 5.82 Å². The van der Waals surface area contributed by atoms with Crippen LogP contribution < -0.4 is 20.8 Å². The van der Waals surface area contributed by atoms with Gasteiger partial charge in [-0.1, -0.05) is 39.5 Å². The van der Waals surface area contributed by atoms with E-state index in [0.717, 1.165) is 17.0 Å². The van der Waals surface area contributed by atoms with E-state index >= 15 is 0 Å². The smallest absolute Gasteiger partial charge is 0.331 e. The summed E-state index contributed by atoms with van der Waals surface area (Å²) in [4.78, 5) is 26.1. The van der Waals surface area contributed by atoms with Crippen LogP contribution >= 0.6 is 11.3 Å². The molecular formula is C22H18FN8OS+. The average Bonchev–Trinajstić information content (AvgIpc) is 3.38. The lowest BCUT2D eigenvalue weighted by atomic mass is 10.1. The lowest BCUT2D eigenvalue weighted by Crippen LogP contribution is -2.29. The van der Waals surface area contributed by atoms with E-state index in [0.29, 0.717) is 28.0 Å². The van der Waals surface area contributed by atoms with Crippen LogP contribution in [0.1, 0.15) is 0 Å². The van der Waals surface area contributed by atoms with Gasteiger partial charge in [0, 0.05) is 29.4 Å². The molecule has 9 nitrogen and oxygen atoms in total. The number of carbonyl (C=O) groups excluding carboxylic acids is 1. The van der Waals surface area contributed by atoms with Crippen molar-refractivity contribution in [2.24, 2.45) is 7.05 Å². The Hall–Kier alpha value is -4.38. The maximum Gasteiger partial charge on any atom is 0.353 e. The van der Waals surface area contributed by atoms with E-state index in [9.17, 15) is 9.18 Å². The molecule has 11 heteroatoms. The lowest BCUT2D eigenvalue weighted by molar-refractivity contribution is -0.484. The number of aromatic nitrogens is 5. The summed E-state index contributed by atoms with van der Waals surface area (Å²) in [6.07, 6.45) is 3.14. The number of nitrogen functional groups attached to an aromatic ring is 1. The van der Waals surface area contributed by atoms with Gasteiger partial charge in [-0.15, -0.1) is 0 Å². The number of rotatable bonds is 4. The van der Waals surface area contributed by atoms with Crippen LogP contribution in [0.3, 0.4) is 0 Å². The van der Waals surface area contributed by atoms with Crippen molar-refractivity contribution in [3.8, 4) is 22.6 Å². The molecule has 0 saturated heterocycles. The van der Waals surface area contributed by atoms with Crippen LogP contribution in [0.4, 0.5) is 26.5 Å². The second-order valence-corrected chi connectivity index (χ2v) is 8.03. The molecule has 3 heterocycles. The summed E-state index contributed by atoms with van der Waals surface area (Å²) in [6, 6.07) is 12.5. The fraction of sp³-hybridized carbons (Fsp3) is 0.0455. The number of hydrogen-bond acceptors (Lipinski definition) is 6. The number of halogens is 1. The molecule has 0 aliphatic rings. The predicted molar refractivity (Wildman–Crippen MR) is 124 cm³/mol. The number of hydrogen-bond donors (Lipinski definition) is 3. The highest BCUT2D eigenvalue weighted by molar-refractivity contribution is 7.14. The van der Waals surface area contributed by atoms with Crippen molar-refractivity contribution in [2.75, 3.05) is 16.4 Å². The molecule has 5 aromatic rings. The zero-order valence-electron chi connectivity index (χ0n) is 17.4. The molecule has 5 rings (SSSR count). The number of urea groups is 1. The Kier molecular flexibility index (Phi) is 5.15. The minimum Gasteiger partial charge on any atom is -0.331 e. The molecule has 2 amide bonds. The fourth-order valence-electron chi connectivity index (χ4n) is 3.53. The largest absolute Gasteiger partial charge is 0.353 e. The second kappa shape index (κ2) is 8.28. The third kappa shape index (κ3) is 3.96. The van der Waals surface area contributed by atoms with Crippen LogP contribution in [-0.2, 0) is 7.05 Å². The number of carbonyl (C=O) groups is 1. The molecule has 0 aliphatic carbocycles. The summed E-state index contributed by atoms with van der Waals surface area (Å²) >= 11 is 1.45. The highest BCUT2D eigenvalue weighted by Crippen LogP contribution is 2.32. The normalized spacial score (nSPS) is 11.0. The number of nitrogens with zero attached hydrogens (tertiary/aromatic N) is 5. The van der Waals surface area contributed by atoms with Crippen LogP contribution in [0.25, 0.3) is 27.6 Å². The molecule has 0 unspecified atom stereocenters. The molecule has 3 aromatic heterocycles. The number of fused-ring (bicyclic) bond motifs is 1. The number of thiazole rings is 1. The molecule has 0 aliphatic heterocycles. The minimum absolute atomic E-state index is 0.327.